The van der Waals surface area contributed by atoms with Gasteiger partial charge in [-0.1, -0.05) is 6.42 Å². The van der Waals surface area contributed by atoms with E-state index in [1.807, 2.05) is 0 Å². The molecule has 0 bridgehead atoms. The summed E-state index contributed by atoms with van der Waals surface area (Å²) in [4.78, 5) is 13.5. The highest BCUT2D eigenvalue weighted by molar-refractivity contribution is 5.77. The molecule has 2 fully saturated rings. The maximum atomic E-state index is 14.4. The van der Waals surface area contributed by atoms with Gasteiger partial charge in [0, 0.05) is 24.1 Å². The van der Waals surface area contributed by atoms with Crippen molar-refractivity contribution in [2.75, 3.05) is 10.6 Å². The number of hydrogen-bond donors (Lipinski definition) is 3. The third kappa shape index (κ3) is 4.28. The first-order valence-electron chi connectivity index (χ1n) is 11.5. The molecule has 5 rings (SSSR count). The van der Waals surface area contributed by atoms with E-state index in [1.54, 1.807) is 10.8 Å². The zero-order valence-corrected chi connectivity index (χ0v) is 18.4. The van der Waals surface area contributed by atoms with Crippen LogP contribution < -0.4 is 10.6 Å². The van der Waals surface area contributed by atoms with Crippen LogP contribution in [-0.2, 0) is 0 Å². The van der Waals surface area contributed by atoms with Gasteiger partial charge in [-0.05, 0) is 38.5 Å². The fourth-order valence-electron chi connectivity index (χ4n) is 4.98. The van der Waals surface area contributed by atoms with Gasteiger partial charge in [0.25, 0.3) is 0 Å². The van der Waals surface area contributed by atoms with Crippen molar-refractivity contribution in [3.63, 3.8) is 0 Å². The van der Waals surface area contributed by atoms with E-state index in [4.69, 9.17) is 6.42 Å². The molecule has 2 atom stereocenters. The molecule has 7 nitrogen and oxygen atoms in total. The van der Waals surface area contributed by atoms with Gasteiger partial charge in [-0.25, -0.2) is 23.1 Å². The number of imidazole rings is 1. The lowest BCUT2D eigenvalue weighted by Gasteiger charge is -2.26. The second kappa shape index (κ2) is 9.14. The normalized spacial score (nSPS) is 24.8. The van der Waals surface area contributed by atoms with E-state index in [1.165, 1.54) is 0 Å². The zero-order valence-electron chi connectivity index (χ0n) is 18.4. The predicted octanol–water partition coefficient (Wildman–Crippen LogP) is 4.68. The van der Waals surface area contributed by atoms with Crippen molar-refractivity contribution in [1.82, 2.24) is 19.5 Å². The Morgan fingerprint density at radius 1 is 1.03 bits per heavy atom. The van der Waals surface area contributed by atoms with Crippen LogP contribution in [-0.4, -0.2) is 36.8 Å². The molecule has 0 unspecified atom stereocenters. The first-order valence-corrected chi connectivity index (χ1v) is 11.5. The standard InChI is InChI=1S/C24H25F3N6O/c1-2-13-4-3-5-20(13)33-22-19(12-28-23(32-22)29-15-6-8-16(34)9-7-15)30-24(33)31-21-17(26)10-14(25)11-18(21)27/h1,10-13,15-16,20,34H,3-9H2,(H,30,31)(H,28,29,32)/t13-,15?,16?,20+/m0/s1. The Hall–Kier alpha value is -3.32. The molecule has 2 saturated carbocycles. The Labute approximate surface area is 194 Å². The molecule has 3 N–H and O–H groups in total. The van der Waals surface area contributed by atoms with E-state index in [-0.39, 0.29) is 30.1 Å². The molecule has 0 spiro atoms. The van der Waals surface area contributed by atoms with E-state index in [0.29, 0.717) is 42.1 Å². The monoisotopic (exact) mass is 470 g/mol. The Bertz CT molecular complexity index is 1220. The Balaban J connectivity index is 1.55. The summed E-state index contributed by atoms with van der Waals surface area (Å²) in [5, 5.41) is 15.8. The zero-order chi connectivity index (χ0) is 23.8. The largest absolute Gasteiger partial charge is 0.393 e. The molecule has 2 aromatic heterocycles. The molecule has 2 aliphatic carbocycles. The minimum absolute atomic E-state index is 0.0907. The molecule has 3 aromatic rings. The molecule has 178 valence electrons. The number of hydrogen-bond acceptors (Lipinski definition) is 6. The van der Waals surface area contributed by atoms with Crippen molar-refractivity contribution in [3.05, 3.63) is 35.8 Å². The number of nitrogens with one attached hydrogen (secondary N) is 2. The molecule has 2 heterocycles. The van der Waals surface area contributed by atoms with Gasteiger partial charge in [0.1, 0.15) is 17.0 Å². The highest BCUT2D eigenvalue weighted by Crippen LogP contribution is 2.40. The van der Waals surface area contributed by atoms with Gasteiger partial charge in [-0.3, -0.25) is 4.57 Å². The highest BCUT2D eigenvalue weighted by atomic mass is 19.1. The lowest BCUT2D eigenvalue weighted by molar-refractivity contribution is 0.126. The van der Waals surface area contributed by atoms with Crippen LogP contribution in [0.4, 0.5) is 30.8 Å². The number of anilines is 3. The van der Waals surface area contributed by atoms with E-state index in [2.05, 4.69) is 31.5 Å². The maximum Gasteiger partial charge on any atom is 0.224 e. The average Bonchev–Trinajstić information content (AvgIpc) is 3.41. The molecule has 1 aromatic carbocycles. The topological polar surface area (TPSA) is 87.9 Å². The predicted molar refractivity (Wildman–Crippen MR) is 122 cm³/mol. The Kier molecular flexibility index (Phi) is 6.04. The molecular weight excluding hydrogens is 445 g/mol. The van der Waals surface area contributed by atoms with Crippen molar-refractivity contribution in [1.29, 1.82) is 0 Å². The molecule has 34 heavy (non-hydrogen) atoms. The van der Waals surface area contributed by atoms with Gasteiger partial charge in [0.2, 0.25) is 11.9 Å². The van der Waals surface area contributed by atoms with Crippen LogP contribution in [0, 0.1) is 35.7 Å². The fourth-order valence-corrected chi connectivity index (χ4v) is 4.98. The van der Waals surface area contributed by atoms with Crippen LogP contribution >= 0.6 is 0 Å². The van der Waals surface area contributed by atoms with Crippen LogP contribution in [0.5, 0.6) is 0 Å². The second-order valence-electron chi connectivity index (χ2n) is 9.00. The molecular formula is C24H25F3N6O. The number of aromatic nitrogens is 4. The lowest BCUT2D eigenvalue weighted by Crippen LogP contribution is -2.29. The minimum Gasteiger partial charge on any atom is -0.393 e. The number of nitrogens with zero attached hydrogens (tertiary/aromatic N) is 4. The summed E-state index contributed by atoms with van der Waals surface area (Å²) in [5.74, 6) is 0.167. The summed E-state index contributed by atoms with van der Waals surface area (Å²) in [6.07, 6.45) is 12.6. The number of fused-ring (bicyclic) bond motifs is 1. The maximum absolute atomic E-state index is 14.4. The van der Waals surface area contributed by atoms with E-state index in [9.17, 15) is 18.3 Å². The van der Waals surface area contributed by atoms with Crippen LogP contribution in [0.2, 0.25) is 0 Å². The van der Waals surface area contributed by atoms with Crippen LogP contribution in [0.15, 0.2) is 18.3 Å². The molecule has 0 amide bonds. The summed E-state index contributed by atoms with van der Waals surface area (Å²) < 4.78 is 44.0. The Morgan fingerprint density at radius 2 is 1.76 bits per heavy atom. The van der Waals surface area contributed by atoms with Gasteiger partial charge in [-0.2, -0.15) is 4.98 Å². The van der Waals surface area contributed by atoms with Crippen LogP contribution in [0.3, 0.4) is 0 Å². The smallest absolute Gasteiger partial charge is 0.224 e. The lowest BCUT2D eigenvalue weighted by atomic mass is 9.93. The fraction of sp³-hybridized carbons (Fsp3) is 0.458. The van der Waals surface area contributed by atoms with Crippen molar-refractivity contribution < 1.29 is 18.3 Å². The Morgan fingerprint density at radius 3 is 2.47 bits per heavy atom. The molecule has 0 saturated heterocycles. The van der Waals surface area contributed by atoms with E-state index in [0.717, 1.165) is 32.1 Å². The highest BCUT2D eigenvalue weighted by Gasteiger charge is 2.32. The second-order valence-corrected chi connectivity index (χ2v) is 9.00. The number of aliphatic hydroxyl groups is 1. The number of halogens is 3. The average molecular weight is 470 g/mol. The minimum atomic E-state index is -1.07. The van der Waals surface area contributed by atoms with Crippen molar-refractivity contribution in [3.8, 4) is 12.3 Å². The van der Waals surface area contributed by atoms with Crippen molar-refractivity contribution in [2.24, 2.45) is 5.92 Å². The third-order valence-electron chi connectivity index (χ3n) is 6.73. The summed E-state index contributed by atoms with van der Waals surface area (Å²) in [7, 11) is 0. The van der Waals surface area contributed by atoms with Crippen LogP contribution in [0.25, 0.3) is 11.2 Å². The molecule has 0 aliphatic heterocycles. The number of terminal acetylenes is 1. The van der Waals surface area contributed by atoms with Crippen molar-refractivity contribution in [2.45, 2.75) is 63.1 Å². The molecule has 2 aliphatic rings. The summed E-state index contributed by atoms with van der Waals surface area (Å²) in [6, 6.07) is 1.20. The summed E-state index contributed by atoms with van der Waals surface area (Å²) >= 11 is 0. The first-order chi connectivity index (χ1) is 16.4. The number of rotatable bonds is 5. The number of benzene rings is 1. The SMILES string of the molecule is C#C[C@H]1CCC[C@H]1n1c(Nc2c(F)cc(F)cc2F)nc2cnc(NC3CCC(O)CC3)nc21. The summed E-state index contributed by atoms with van der Waals surface area (Å²) in [5.41, 5.74) is 0.434. The van der Waals surface area contributed by atoms with Gasteiger partial charge in [-0.15, -0.1) is 12.3 Å². The van der Waals surface area contributed by atoms with Gasteiger partial charge in [0.15, 0.2) is 17.3 Å². The quantitative estimate of drug-likeness (QED) is 0.470. The van der Waals surface area contributed by atoms with Gasteiger partial charge < -0.3 is 15.7 Å². The molecule has 10 heteroatoms. The number of aliphatic hydroxyl groups excluding tert-OH is 1. The van der Waals surface area contributed by atoms with Gasteiger partial charge in [0.05, 0.1) is 18.3 Å². The van der Waals surface area contributed by atoms with E-state index >= 15 is 0 Å². The van der Waals surface area contributed by atoms with Crippen molar-refractivity contribution >= 4 is 28.7 Å². The van der Waals surface area contributed by atoms with Crippen LogP contribution in [0.1, 0.15) is 51.0 Å². The molecule has 0 radical (unpaired) electrons. The third-order valence-corrected chi connectivity index (χ3v) is 6.73. The first kappa shape index (κ1) is 22.5. The summed E-state index contributed by atoms with van der Waals surface area (Å²) in [6.45, 7) is 0. The van der Waals surface area contributed by atoms with Gasteiger partial charge >= 0.3 is 0 Å². The van der Waals surface area contributed by atoms with E-state index < -0.39 is 23.1 Å².